The molecule has 0 radical (unpaired) electrons. The SMILES string of the molecule is Cn1cc(-c2cnn3ccc(-c4c[nH]c5nc(Nc6ccncc6)ncc45)cc23)cn1. The van der Waals surface area contributed by atoms with Crippen molar-refractivity contribution >= 4 is 28.2 Å². The van der Waals surface area contributed by atoms with Crippen molar-refractivity contribution in [1.82, 2.24) is 39.3 Å². The van der Waals surface area contributed by atoms with Gasteiger partial charge in [-0.3, -0.25) is 9.67 Å². The molecule has 0 aromatic carbocycles. The van der Waals surface area contributed by atoms with Crippen LogP contribution in [0, 0.1) is 0 Å². The summed E-state index contributed by atoms with van der Waals surface area (Å²) in [5, 5.41) is 12.9. The standard InChI is InChI=1S/C22H17N9/c1-30-13-15(9-26-30)18-12-27-31-7-4-14(8-20(18)31)17-10-24-21-19(17)11-25-22(29-21)28-16-2-5-23-6-3-16/h2-13H,1H3,(H2,23,24,25,28,29). The molecular formula is C22H17N9. The summed E-state index contributed by atoms with van der Waals surface area (Å²) in [5.41, 5.74) is 6.82. The van der Waals surface area contributed by atoms with E-state index in [4.69, 9.17) is 0 Å². The fourth-order valence-electron chi connectivity index (χ4n) is 3.70. The van der Waals surface area contributed by atoms with E-state index in [-0.39, 0.29) is 0 Å². The van der Waals surface area contributed by atoms with Crippen molar-refractivity contribution in [2.75, 3.05) is 5.32 Å². The van der Waals surface area contributed by atoms with Gasteiger partial charge in [-0.1, -0.05) is 0 Å². The van der Waals surface area contributed by atoms with Gasteiger partial charge in [0.2, 0.25) is 5.95 Å². The van der Waals surface area contributed by atoms with Gasteiger partial charge in [0.05, 0.1) is 17.9 Å². The van der Waals surface area contributed by atoms with Crippen LogP contribution in [0.25, 0.3) is 38.8 Å². The Hall–Kier alpha value is -4.53. The molecule has 6 heterocycles. The van der Waals surface area contributed by atoms with Gasteiger partial charge in [0.25, 0.3) is 0 Å². The molecular weight excluding hydrogens is 390 g/mol. The minimum atomic E-state index is 0.525. The number of hydrogen-bond donors (Lipinski definition) is 2. The molecule has 0 aliphatic heterocycles. The molecule has 150 valence electrons. The second-order valence-electron chi connectivity index (χ2n) is 7.23. The number of aryl methyl sites for hydroxylation is 1. The number of nitrogens with one attached hydrogen (secondary N) is 2. The minimum absolute atomic E-state index is 0.525. The molecule has 31 heavy (non-hydrogen) atoms. The summed E-state index contributed by atoms with van der Waals surface area (Å²) < 4.78 is 3.66. The molecule has 6 aromatic rings. The van der Waals surface area contributed by atoms with Crippen LogP contribution in [0.5, 0.6) is 0 Å². The number of hydrogen-bond acceptors (Lipinski definition) is 6. The van der Waals surface area contributed by atoms with E-state index in [1.165, 1.54) is 0 Å². The van der Waals surface area contributed by atoms with Crippen LogP contribution in [0.3, 0.4) is 0 Å². The zero-order valence-electron chi connectivity index (χ0n) is 16.6. The summed E-state index contributed by atoms with van der Waals surface area (Å²) in [5.74, 6) is 0.525. The Morgan fingerprint density at radius 3 is 2.71 bits per heavy atom. The first-order chi connectivity index (χ1) is 15.2. The molecule has 0 spiro atoms. The predicted octanol–water partition coefficient (Wildman–Crippen LogP) is 3.81. The van der Waals surface area contributed by atoms with Gasteiger partial charge in [-0.2, -0.15) is 15.2 Å². The van der Waals surface area contributed by atoms with E-state index in [0.29, 0.717) is 5.95 Å². The minimum Gasteiger partial charge on any atom is -0.345 e. The summed E-state index contributed by atoms with van der Waals surface area (Å²) in [7, 11) is 1.91. The molecule has 0 bridgehead atoms. The average Bonchev–Trinajstić information content (AvgIpc) is 3.51. The highest BCUT2D eigenvalue weighted by Crippen LogP contribution is 2.31. The Bertz CT molecular complexity index is 1530. The maximum Gasteiger partial charge on any atom is 0.229 e. The van der Waals surface area contributed by atoms with Crippen LogP contribution < -0.4 is 5.32 Å². The highest BCUT2D eigenvalue weighted by molar-refractivity contribution is 5.95. The number of anilines is 2. The quantitative estimate of drug-likeness (QED) is 0.461. The van der Waals surface area contributed by atoms with Gasteiger partial charge in [0.15, 0.2) is 0 Å². The molecule has 6 rings (SSSR count). The maximum absolute atomic E-state index is 4.61. The highest BCUT2D eigenvalue weighted by atomic mass is 15.2. The number of rotatable bonds is 4. The number of pyridine rings is 2. The molecule has 0 saturated heterocycles. The first-order valence-electron chi connectivity index (χ1n) is 9.72. The van der Waals surface area contributed by atoms with Crippen molar-refractivity contribution in [3.8, 4) is 22.3 Å². The zero-order valence-corrected chi connectivity index (χ0v) is 16.6. The molecule has 0 aliphatic rings. The van der Waals surface area contributed by atoms with E-state index in [0.717, 1.165) is 44.5 Å². The Balaban J connectivity index is 1.40. The zero-order chi connectivity index (χ0) is 20.8. The topological polar surface area (TPSA) is 102 Å². The van der Waals surface area contributed by atoms with Crippen LogP contribution in [0.2, 0.25) is 0 Å². The lowest BCUT2D eigenvalue weighted by Crippen LogP contribution is -1.96. The summed E-state index contributed by atoms with van der Waals surface area (Å²) >= 11 is 0. The van der Waals surface area contributed by atoms with E-state index < -0.39 is 0 Å². The second-order valence-corrected chi connectivity index (χ2v) is 7.23. The summed E-state index contributed by atoms with van der Waals surface area (Å²) in [6, 6.07) is 7.91. The largest absolute Gasteiger partial charge is 0.345 e. The lowest BCUT2D eigenvalue weighted by molar-refractivity contribution is 0.768. The van der Waals surface area contributed by atoms with Crippen LogP contribution in [-0.2, 0) is 7.05 Å². The van der Waals surface area contributed by atoms with Crippen molar-refractivity contribution in [2.45, 2.75) is 0 Å². The Morgan fingerprint density at radius 1 is 0.968 bits per heavy atom. The van der Waals surface area contributed by atoms with Gasteiger partial charge in [-0.15, -0.1) is 0 Å². The molecule has 9 nitrogen and oxygen atoms in total. The van der Waals surface area contributed by atoms with Gasteiger partial charge in [-0.05, 0) is 29.8 Å². The van der Waals surface area contributed by atoms with Crippen LogP contribution in [-0.4, -0.2) is 39.3 Å². The van der Waals surface area contributed by atoms with E-state index in [9.17, 15) is 0 Å². The first-order valence-corrected chi connectivity index (χ1v) is 9.72. The number of nitrogens with zero attached hydrogens (tertiary/aromatic N) is 7. The van der Waals surface area contributed by atoms with Gasteiger partial charge < -0.3 is 10.3 Å². The molecule has 2 N–H and O–H groups in total. The third-order valence-corrected chi connectivity index (χ3v) is 5.22. The van der Waals surface area contributed by atoms with E-state index in [1.54, 1.807) is 17.1 Å². The normalized spacial score (nSPS) is 11.4. The van der Waals surface area contributed by atoms with Crippen molar-refractivity contribution in [2.24, 2.45) is 7.05 Å². The molecule has 0 fully saturated rings. The smallest absolute Gasteiger partial charge is 0.229 e. The van der Waals surface area contributed by atoms with Gasteiger partial charge >= 0.3 is 0 Å². The van der Waals surface area contributed by atoms with Crippen molar-refractivity contribution in [1.29, 1.82) is 0 Å². The second kappa shape index (κ2) is 6.77. The van der Waals surface area contributed by atoms with E-state index >= 15 is 0 Å². The van der Waals surface area contributed by atoms with Crippen LogP contribution in [0.4, 0.5) is 11.6 Å². The van der Waals surface area contributed by atoms with Crippen molar-refractivity contribution in [3.63, 3.8) is 0 Å². The molecule has 0 unspecified atom stereocenters. The van der Waals surface area contributed by atoms with Crippen molar-refractivity contribution in [3.05, 3.63) is 73.8 Å². The molecule has 0 atom stereocenters. The fraction of sp³-hybridized carbons (Fsp3) is 0.0455. The number of aromatic amines is 1. The van der Waals surface area contributed by atoms with Crippen LogP contribution in [0.1, 0.15) is 0 Å². The maximum atomic E-state index is 4.61. The van der Waals surface area contributed by atoms with Gasteiger partial charge in [-0.25, -0.2) is 9.50 Å². The number of aromatic nitrogens is 8. The van der Waals surface area contributed by atoms with Crippen LogP contribution >= 0.6 is 0 Å². The summed E-state index contributed by atoms with van der Waals surface area (Å²) in [6.07, 6.45) is 14.9. The molecule has 6 aromatic heterocycles. The lowest BCUT2D eigenvalue weighted by atomic mass is 10.1. The Kier molecular flexibility index (Phi) is 3.79. The van der Waals surface area contributed by atoms with E-state index in [1.807, 2.05) is 66.9 Å². The molecule has 0 saturated carbocycles. The average molecular weight is 407 g/mol. The number of fused-ring (bicyclic) bond motifs is 2. The van der Waals surface area contributed by atoms with Crippen molar-refractivity contribution < 1.29 is 0 Å². The molecule has 9 heteroatoms. The van der Waals surface area contributed by atoms with Gasteiger partial charge in [0.1, 0.15) is 5.65 Å². The Morgan fingerprint density at radius 2 is 1.87 bits per heavy atom. The highest BCUT2D eigenvalue weighted by Gasteiger charge is 2.13. The first kappa shape index (κ1) is 17.3. The third-order valence-electron chi connectivity index (χ3n) is 5.22. The van der Waals surface area contributed by atoms with Crippen LogP contribution in [0.15, 0.2) is 73.8 Å². The molecule has 0 aliphatic carbocycles. The summed E-state index contributed by atoms with van der Waals surface area (Å²) in [6.45, 7) is 0. The third kappa shape index (κ3) is 2.99. The Labute approximate surface area is 176 Å². The monoisotopic (exact) mass is 407 g/mol. The molecule has 0 amide bonds. The fourth-order valence-corrected chi connectivity index (χ4v) is 3.70. The summed E-state index contributed by atoms with van der Waals surface area (Å²) in [4.78, 5) is 16.4. The van der Waals surface area contributed by atoms with Gasteiger partial charge in [0, 0.05) is 72.0 Å². The predicted molar refractivity (Wildman–Crippen MR) is 118 cm³/mol. The number of H-pyrrole nitrogens is 1. The van der Waals surface area contributed by atoms with E-state index in [2.05, 4.69) is 41.5 Å². The lowest BCUT2D eigenvalue weighted by Gasteiger charge is -2.05.